The van der Waals surface area contributed by atoms with E-state index >= 15 is 0 Å². The predicted molar refractivity (Wildman–Crippen MR) is 85.2 cm³/mol. The first-order valence-corrected chi connectivity index (χ1v) is 6.93. The van der Waals surface area contributed by atoms with E-state index in [4.69, 9.17) is 10.5 Å². The van der Waals surface area contributed by atoms with Crippen molar-refractivity contribution in [3.63, 3.8) is 0 Å². The second-order valence-corrected chi connectivity index (χ2v) is 5.17. The van der Waals surface area contributed by atoms with E-state index in [1.54, 1.807) is 0 Å². The fraction of sp³-hybridized carbons (Fsp3) is 0.176. The summed E-state index contributed by atoms with van der Waals surface area (Å²) >= 11 is 0. The van der Waals surface area contributed by atoms with Crippen molar-refractivity contribution in [3.05, 3.63) is 48.5 Å². The van der Waals surface area contributed by atoms with Crippen LogP contribution in [0.3, 0.4) is 0 Å². The largest absolute Gasteiger partial charge is 0.491 e. The average Bonchev–Trinajstić information content (AvgIpc) is 2.47. The maximum atomic E-state index is 5.90. The Kier molecular flexibility index (Phi) is 3.44. The van der Waals surface area contributed by atoms with Gasteiger partial charge >= 0.3 is 0 Å². The third kappa shape index (κ3) is 2.65. The number of nitrogens with zero attached hydrogens (tertiary/aromatic N) is 2. The number of fused-ring (bicyclic) bond motifs is 1. The average molecular weight is 279 g/mol. The van der Waals surface area contributed by atoms with Gasteiger partial charge in [-0.25, -0.2) is 0 Å². The highest BCUT2D eigenvalue weighted by Crippen LogP contribution is 2.30. The van der Waals surface area contributed by atoms with Crippen molar-refractivity contribution in [2.24, 2.45) is 0 Å². The molecule has 21 heavy (non-hydrogen) atoms. The fourth-order valence-corrected chi connectivity index (χ4v) is 2.33. The highest BCUT2D eigenvalue weighted by molar-refractivity contribution is 5.99. The monoisotopic (exact) mass is 279 g/mol. The third-order valence-corrected chi connectivity index (χ3v) is 3.20. The van der Waals surface area contributed by atoms with E-state index in [1.165, 1.54) is 0 Å². The zero-order chi connectivity index (χ0) is 14.8. The van der Waals surface area contributed by atoms with Crippen molar-refractivity contribution >= 4 is 16.6 Å². The summed E-state index contributed by atoms with van der Waals surface area (Å²) in [5, 5.41) is 10.2. The van der Waals surface area contributed by atoms with Crippen LogP contribution in [0.1, 0.15) is 13.8 Å². The molecule has 106 valence electrons. The molecule has 0 saturated heterocycles. The summed E-state index contributed by atoms with van der Waals surface area (Å²) < 4.78 is 5.74. The van der Waals surface area contributed by atoms with Crippen LogP contribution in [0.5, 0.6) is 5.75 Å². The van der Waals surface area contributed by atoms with Crippen molar-refractivity contribution in [2.75, 3.05) is 5.73 Å². The van der Waals surface area contributed by atoms with E-state index < -0.39 is 0 Å². The van der Waals surface area contributed by atoms with Gasteiger partial charge in [0, 0.05) is 16.3 Å². The Bertz CT molecular complexity index is 784. The quantitative estimate of drug-likeness (QED) is 0.794. The number of rotatable bonds is 3. The highest BCUT2D eigenvalue weighted by atomic mass is 16.5. The number of nitrogen functional groups attached to an aromatic ring is 1. The summed E-state index contributed by atoms with van der Waals surface area (Å²) in [6.45, 7) is 4.01. The number of benzene rings is 2. The van der Waals surface area contributed by atoms with Gasteiger partial charge < -0.3 is 10.5 Å². The van der Waals surface area contributed by atoms with Crippen LogP contribution in [0.25, 0.3) is 22.0 Å². The molecule has 0 aliphatic heterocycles. The number of nitrogens with two attached hydrogens (primary N) is 1. The van der Waals surface area contributed by atoms with Gasteiger partial charge in [0.2, 0.25) is 0 Å². The highest BCUT2D eigenvalue weighted by Gasteiger charge is 2.10. The molecule has 3 rings (SSSR count). The lowest BCUT2D eigenvalue weighted by Crippen LogP contribution is -2.05. The molecule has 3 aromatic rings. The second kappa shape index (κ2) is 5.40. The Hall–Kier alpha value is -2.62. The fourth-order valence-electron chi connectivity index (χ4n) is 2.33. The topological polar surface area (TPSA) is 61.0 Å². The number of hydrogen-bond acceptors (Lipinski definition) is 4. The Morgan fingerprint density at radius 3 is 2.48 bits per heavy atom. The van der Waals surface area contributed by atoms with E-state index in [1.807, 2.05) is 62.4 Å². The first-order valence-electron chi connectivity index (χ1n) is 6.93. The van der Waals surface area contributed by atoms with Crippen LogP contribution in [0, 0.1) is 0 Å². The minimum Gasteiger partial charge on any atom is -0.491 e. The van der Waals surface area contributed by atoms with Gasteiger partial charge in [0.15, 0.2) is 5.82 Å². The number of aromatic nitrogens is 2. The predicted octanol–water partition coefficient (Wildman–Crippen LogP) is 3.67. The smallest absolute Gasteiger partial charge is 0.154 e. The normalized spacial score (nSPS) is 11.0. The van der Waals surface area contributed by atoms with Crippen LogP contribution < -0.4 is 10.5 Å². The maximum absolute atomic E-state index is 5.90. The molecule has 0 atom stereocenters. The maximum Gasteiger partial charge on any atom is 0.154 e. The Labute approximate surface area is 123 Å². The summed E-state index contributed by atoms with van der Waals surface area (Å²) in [5.74, 6) is 1.27. The van der Waals surface area contributed by atoms with E-state index in [9.17, 15) is 0 Å². The Morgan fingerprint density at radius 2 is 1.71 bits per heavy atom. The van der Waals surface area contributed by atoms with Gasteiger partial charge in [0.25, 0.3) is 0 Å². The first-order chi connectivity index (χ1) is 10.1. The molecule has 0 aliphatic carbocycles. The standard InChI is InChI=1S/C17H17N3O/c1-11(2)21-13-7-5-6-12(10-13)16-14-8-3-4-9-15(14)17(18)20-19-16/h3-11H,1-2H3,(H2,18,20). The molecule has 0 unspecified atom stereocenters. The molecule has 0 bridgehead atoms. The second-order valence-electron chi connectivity index (χ2n) is 5.17. The van der Waals surface area contributed by atoms with Gasteiger partial charge in [-0.15, -0.1) is 10.2 Å². The van der Waals surface area contributed by atoms with Gasteiger partial charge in [0.05, 0.1) is 6.10 Å². The number of hydrogen-bond donors (Lipinski definition) is 1. The lowest BCUT2D eigenvalue weighted by atomic mass is 10.0. The van der Waals surface area contributed by atoms with Crippen molar-refractivity contribution < 1.29 is 4.74 Å². The van der Waals surface area contributed by atoms with Crippen molar-refractivity contribution in [3.8, 4) is 17.0 Å². The van der Waals surface area contributed by atoms with Gasteiger partial charge in [-0.1, -0.05) is 36.4 Å². The summed E-state index contributed by atoms with van der Waals surface area (Å²) in [7, 11) is 0. The molecule has 0 fully saturated rings. The summed E-state index contributed by atoms with van der Waals surface area (Å²) in [5.41, 5.74) is 7.68. The van der Waals surface area contributed by atoms with Crippen LogP contribution in [0.4, 0.5) is 5.82 Å². The molecular formula is C17H17N3O. The number of anilines is 1. The molecule has 1 aromatic heterocycles. The minimum absolute atomic E-state index is 0.134. The summed E-state index contributed by atoms with van der Waals surface area (Å²) in [4.78, 5) is 0. The van der Waals surface area contributed by atoms with E-state index in [-0.39, 0.29) is 6.10 Å². The van der Waals surface area contributed by atoms with Gasteiger partial charge in [0.1, 0.15) is 11.4 Å². The molecule has 0 radical (unpaired) electrons. The van der Waals surface area contributed by atoms with Gasteiger partial charge in [-0.2, -0.15) is 0 Å². The van der Waals surface area contributed by atoms with E-state index in [0.717, 1.165) is 27.8 Å². The zero-order valence-corrected chi connectivity index (χ0v) is 12.1. The molecule has 2 aromatic carbocycles. The summed E-state index contributed by atoms with van der Waals surface area (Å²) in [6.07, 6.45) is 0.134. The van der Waals surface area contributed by atoms with Crippen LogP contribution >= 0.6 is 0 Å². The SMILES string of the molecule is CC(C)Oc1cccc(-c2nnc(N)c3ccccc23)c1. The molecule has 1 heterocycles. The lowest BCUT2D eigenvalue weighted by molar-refractivity contribution is 0.242. The molecule has 4 nitrogen and oxygen atoms in total. The molecule has 0 spiro atoms. The molecule has 0 saturated carbocycles. The zero-order valence-electron chi connectivity index (χ0n) is 12.1. The van der Waals surface area contributed by atoms with Gasteiger partial charge in [-0.3, -0.25) is 0 Å². The van der Waals surface area contributed by atoms with Crippen molar-refractivity contribution in [2.45, 2.75) is 20.0 Å². The molecule has 0 amide bonds. The van der Waals surface area contributed by atoms with Gasteiger partial charge in [-0.05, 0) is 26.0 Å². The van der Waals surface area contributed by atoms with Crippen LogP contribution in [-0.2, 0) is 0 Å². The molecule has 0 aliphatic rings. The first kappa shape index (κ1) is 13.4. The van der Waals surface area contributed by atoms with Crippen LogP contribution in [0.15, 0.2) is 48.5 Å². The summed E-state index contributed by atoms with van der Waals surface area (Å²) in [6, 6.07) is 15.8. The van der Waals surface area contributed by atoms with Crippen molar-refractivity contribution in [1.29, 1.82) is 0 Å². The Balaban J connectivity index is 2.15. The van der Waals surface area contributed by atoms with Crippen molar-refractivity contribution in [1.82, 2.24) is 10.2 Å². The molecular weight excluding hydrogens is 262 g/mol. The van der Waals surface area contributed by atoms with E-state index in [0.29, 0.717) is 5.82 Å². The lowest BCUT2D eigenvalue weighted by Gasteiger charge is -2.11. The van der Waals surface area contributed by atoms with E-state index in [2.05, 4.69) is 10.2 Å². The van der Waals surface area contributed by atoms with Crippen LogP contribution in [-0.4, -0.2) is 16.3 Å². The van der Waals surface area contributed by atoms with Crippen LogP contribution in [0.2, 0.25) is 0 Å². The molecule has 2 N–H and O–H groups in total. The minimum atomic E-state index is 0.134. The number of ether oxygens (including phenoxy) is 1. The third-order valence-electron chi connectivity index (χ3n) is 3.20. The Morgan fingerprint density at radius 1 is 0.952 bits per heavy atom. The molecule has 4 heteroatoms.